The zero-order valence-electron chi connectivity index (χ0n) is 17.7. The molecule has 1 aromatic carbocycles. The SMILES string of the molecule is CC(C)Cn1c(SCc2nc(-c3cccc(C(F)(F)F)c3)no2)nnc1N1CCOCC1. The van der Waals surface area contributed by atoms with E-state index >= 15 is 0 Å². The van der Waals surface area contributed by atoms with Gasteiger partial charge in [-0.1, -0.05) is 42.9 Å². The summed E-state index contributed by atoms with van der Waals surface area (Å²) in [6.07, 6.45) is -4.43. The minimum Gasteiger partial charge on any atom is -0.378 e. The molecule has 32 heavy (non-hydrogen) atoms. The number of anilines is 1. The second-order valence-corrected chi connectivity index (χ2v) is 8.71. The van der Waals surface area contributed by atoms with Crippen LogP contribution in [-0.2, 0) is 23.2 Å². The van der Waals surface area contributed by atoms with Crippen molar-refractivity contribution in [2.75, 3.05) is 31.2 Å². The topological polar surface area (TPSA) is 82.1 Å². The Morgan fingerprint density at radius 3 is 2.66 bits per heavy atom. The molecule has 0 unspecified atom stereocenters. The maximum absolute atomic E-state index is 13.0. The van der Waals surface area contributed by atoms with Crippen molar-refractivity contribution >= 4 is 17.7 Å². The van der Waals surface area contributed by atoms with E-state index in [9.17, 15) is 13.2 Å². The first-order valence-electron chi connectivity index (χ1n) is 10.2. The Morgan fingerprint density at radius 1 is 1.16 bits per heavy atom. The highest BCUT2D eigenvalue weighted by Gasteiger charge is 2.31. The van der Waals surface area contributed by atoms with Crippen LogP contribution in [0.15, 0.2) is 33.9 Å². The molecular weight excluding hydrogens is 445 g/mol. The average Bonchev–Trinajstić information content (AvgIpc) is 3.39. The summed E-state index contributed by atoms with van der Waals surface area (Å²) in [5.41, 5.74) is -0.509. The van der Waals surface area contributed by atoms with Crippen molar-refractivity contribution in [3.63, 3.8) is 0 Å². The smallest absolute Gasteiger partial charge is 0.378 e. The lowest BCUT2D eigenvalue weighted by Gasteiger charge is -2.28. The van der Waals surface area contributed by atoms with Gasteiger partial charge in [-0.25, -0.2) is 0 Å². The van der Waals surface area contributed by atoms with Gasteiger partial charge < -0.3 is 14.2 Å². The van der Waals surface area contributed by atoms with Crippen LogP contribution in [0, 0.1) is 5.92 Å². The summed E-state index contributed by atoms with van der Waals surface area (Å²) < 4.78 is 51.7. The summed E-state index contributed by atoms with van der Waals surface area (Å²) in [5, 5.41) is 13.3. The van der Waals surface area contributed by atoms with E-state index in [0.717, 1.165) is 42.9 Å². The van der Waals surface area contributed by atoms with E-state index in [1.165, 1.54) is 23.9 Å². The third kappa shape index (κ3) is 5.23. The number of hydrogen-bond acceptors (Lipinski definition) is 8. The van der Waals surface area contributed by atoms with Gasteiger partial charge in [0, 0.05) is 25.2 Å². The minimum absolute atomic E-state index is 0.115. The highest BCUT2D eigenvalue weighted by atomic mass is 32.2. The van der Waals surface area contributed by atoms with Crippen molar-refractivity contribution in [2.45, 2.75) is 37.5 Å². The quantitative estimate of drug-likeness (QED) is 0.479. The van der Waals surface area contributed by atoms with Crippen LogP contribution in [0.4, 0.5) is 19.1 Å². The molecule has 0 bridgehead atoms. The third-order valence-corrected chi connectivity index (χ3v) is 5.73. The third-order valence-electron chi connectivity index (χ3n) is 4.78. The lowest BCUT2D eigenvalue weighted by Crippen LogP contribution is -2.38. The van der Waals surface area contributed by atoms with Crippen LogP contribution in [0.25, 0.3) is 11.4 Å². The molecule has 8 nitrogen and oxygen atoms in total. The highest BCUT2D eigenvalue weighted by Crippen LogP contribution is 2.32. The van der Waals surface area contributed by atoms with Gasteiger partial charge in [-0.2, -0.15) is 18.2 Å². The number of benzene rings is 1. The van der Waals surface area contributed by atoms with Crippen molar-refractivity contribution in [2.24, 2.45) is 5.92 Å². The zero-order valence-corrected chi connectivity index (χ0v) is 18.5. The fourth-order valence-electron chi connectivity index (χ4n) is 3.30. The fraction of sp³-hybridized carbons (Fsp3) is 0.500. The van der Waals surface area contributed by atoms with Crippen LogP contribution in [0.2, 0.25) is 0 Å². The molecule has 1 saturated heterocycles. The lowest BCUT2D eigenvalue weighted by atomic mass is 10.1. The molecule has 0 spiro atoms. The molecule has 12 heteroatoms. The van der Waals surface area contributed by atoms with E-state index in [1.807, 2.05) is 0 Å². The molecular formula is C20H23F3N6O2S. The summed E-state index contributed by atoms with van der Waals surface area (Å²) in [5.74, 6) is 1.94. The van der Waals surface area contributed by atoms with Crippen LogP contribution in [0.5, 0.6) is 0 Å². The Kier molecular flexibility index (Phi) is 6.70. The lowest BCUT2D eigenvalue weighted by molar-refractivity contribution is -0.137. The molecule has 4 rings (SSSR count). The Balaban J connectivity index is 1.49. The number of nitrogens with zero attached hydrogens (tertiary/aromatic N) is 6. The van der Waals surface area contributed by atoms with Gasteiger partial charge in [0.25, 0.3) is 0 Å². The molecule has 3 aromatic rings. The van der Waals surface area contributed by atoms with E-state index in [-0.39, 0.29) is 11.4 Å². The predicted molar refractivity (Wildman–Crippen MR) is 112 cm³/mol. The Morgan fingerprint density at radius 2 is 1.94 bits per heavy atom. The number of rotatable bonds is 7. The minimum atomic E-state index is -4.43. The Hall–Kier alpha value is -2.60. The standard InChI is InChI=1S/C20H23F3N6O2S/c1-13(2)11-29-18(28-6-8-30-9-7-28)25-26-19(29)32-12-16-24-17(27-31-16)14-4-3-5-15(10-14)20(21,22)23/h3-5,10,13H,6-9,11-12H2,1-2H3. The van der Waals surface area contributed by atoms with Gasteiger partial charge in [0.1, 0.15) is 0 Å². The first-order valence-corrected chi connectivity index (χ1v) is 11.2. The molecule has 0 N–H and O–H groups in total. The van der Waals surface area contributed by atoms with E-state index in [4.69, 9.17) is 9.26 Å². The predicted octanol–water partition coefficient (Wildman–Crippen LogP) is 4.13. The second kappa shape index (κ2) is 9.49. The van der Waals surface area contributed by atoms with Crippen LogP contribution in [0.1, 0.15) is 25.3 Å². The first kappa shape index (κ1) is 22.6. The van der Waals surface area contributed by atoms with Gasteiger partial charge in [0.2, 0.25) is 17.7 Å². The second-order valence-electron chi connectivity index (χ2n) is 7.77. The largest absolute Gasteiger partial charge is 0.416 e. The number of aromatic nitrogens is 5. The van der Waals surface area contributed by atoms with Crippen LogP contribution >= 0.6 is 11.8 Å². The number of ether oxygens (including phenoxy) is 1. The van der Waals surface area contributed by atoms with Gasteiger partial charge in [-0.15, -0.1) is 10.2 Å². The molecule has 2 aromatic heterocycles. The van der Waals surface area contributed by atoms with Crippen molar-refractivity contribution in [1.82, 2.24) is 24.9 Å². The van der Waals surface area contributed by atoms with Gasteiger partial charge in [0.15, 0.2) is 5.16 Å². The van der Waals surface area contributed by atoms with Gasteiger partial charge in [-0.3, -0.25) is 4.57 Å². The molecule has 0 atom stereocenters. The van der Waals surface area contributed by atoms with E-state index in [0.29, 0.717) is 30.8 Å². The normalized spacial score (nSPS) is 15.0. The zero-order chi connectivity index (χ0) is 22.7. The molecule has 172 valence electrons. The van der Waals surface area contributed by atoms with E-state index in [1.54, 1.807) is 0 Å². The maximum atomic E-state index is 13.0. The molecule has 3 heterocycles. The summed E-state index contributed by atoms with van der Waals surface area (Å²) in [6, 6.07) is 4.86. The number of thioether (sulfide) groups is 1. The van der Waals surface area contributed by atoms with Crippen molar-refractivity contribution in [3.8, 4) is 11.4 Å². The van der Waals surface area contributed by atoms with E-state index < -0.39 is 11.7 Å². The summed E-state index contributed by atoms with van der Waals surface area (Å²) in [6.45, 7) is 7.81. The molecule has 1 aliphatic heterocycles. The van der Waals surface area contributed by atoms with Crippen molar-refractivity contribution in [1.29, 1.82) is 0 Å². The van der Waals surface area contributed by atoms with Crippen molar-refractivity contribution in [3.05, 3.63) is 35.7 Å². The van der Waals surface area contributed by atoms with Crippen LogP contribution in [-0.4, -0.2) is 51.2 Å². The summed E-state index contributed by atoms with van der Waals surface area (Å²) in [4.78, 5) is 6.41. The Bertz CT molecular complexity index is 1050. The molecule has 0 aliphatic carbocycles. The fourth-order valence-corrected chi connectivity index (χ4v) is 4.08. The number of hydrogen-bond donors (Lipinski definition) is 0. The molecule has 1 aliphatic rings. The number of morpholine rings is 1. The molecule has 0 saturated carbocycles. The molecule has 0 amide bonds. The van der Waals surface area contributed by atoms with Crippen molar-refractivity contribution < 1.29 is 22.4 Å². The van der Waals surface area contributed by atoms with Gasteiger partial charge >= 0.3 is 6.18 Å². The summed E-state index contributed by atoms with van der Waals surface area (Å²) in [7, 11) is 0. The number of alkyl halides is 3. The van der Waals surface area contributed by atoms with E-state index in [2.05, 4.69) is 43.7 Å². The van der Waals surface area contributed by atoms with Crippen LogP contribution < -0.4 is 4.90 Å². The first-order chi connectivity index (χ1) is 15.3. The van der Waals surface area contributed by atoms with Gasteiger partial charge in [-0.05, 0) is 18.1 Å². The molecule has 0 radical (unpaired) electrons. The van der Waals surface area contributed by atoms with Crippen LogP contribution in [0.3, 0.4) is 0 Å². The highest BCUT2D eigenvalue weighted by molar-refractivity contribution is 7.98. The Labute approximate surface area is 187 Å². The maximum Gasteiger partial charge on any atom is 0.416 e. The average molecular weight is 469 g/mol. The summed E-state index contributed by atoms with van der Waals surface area (Å²) >= 11 is 1.40. The molecule has 1 fully saturated rings. The number of halogens is 3. The van der Waals surface area contributed by atoms with Gasteiger partial charge in [0.05, 0.1) is 24.5 Å². The monoisotopic (exact) mass is 468 g/mol.